The molecule has 1 fully saturated rings. The summed E-state index contributed by atoms with van der Waals surface area (Å²) in [6, 6.07) is 10.9. The van der Waals surface area contributed by atoms with E-state index in [0.717, 1.165) is 30.8 Å². The van der Waals surface area contributed by atoms with Crippen LogP contribution in [0.5, 0.6) is 17.2 Å². The molecule has 1 atom stereocenters. The maximum absolute atomic E-state index is 13.7. The van der Waals surface area contributed by atoms with Crippen LogP contribution in [0.1, 0.15) is 24.1 Å². The van der Waals surface area contributed by atoms with E-state index in [1.807, 2.05) is 25.1 Å². The first-order valence-corrected chi connectivity index (χ1v) is 9.24. The van der Waals surface area contributed by atoms with Gasteiger partial charge in [-0.3, -0.25) is 4.90 Å². The zero-order valence-electron chi connectivity index (χ0n) is 16.1. The molecule has 0 spiro atoms. The summed E-state index contributed by atoms with van der Waals surface area (Å²) in [7, 11) is 3.25. The minimum Gasteiger partial charge on any atom is -0.493 e. The van der Waals surface area contributed by atoms with Gasteiger partial charge in [0.15, 0.2) is 11.5 Å². The van der Waals surface area contributed by atoms with Crippen LogP contribution in [0.2, 0.25) is 0 Å². The largest absolute Gasteiger partial charge is 0.493 e. The molecule has 0 aromatic heterocycles. The van der Waals surface area contributed by atoms with Crippen molar-refractivity contribution in [3.05, 3.63) is 53.3 Å². The van der Waals surface area contributed by atoms with E-state index in [9.17, 15) is 4.39 Å². The molecule has 0 amide bonds. The fraction of sp³-hybridized carbons (Fsp3) is 0.429. The highest BCUT2D eigenvalue weighted by atomic mass is 19.1. The number of methoxy groups -OCH3 is 2. The van der Waals surface area contributed by atoms with Crippen LogP contribution < -0.4 is 19.5 Å². The maximum atomic E-state index is 13.7. The van der Waals surface area contributed by atoms with Crippen LogP contribution in [0, 0.1) is 5.82 Å². The van der Waals surface area contributed by atoms with Gasteiger partial charge in [0.2, 0.25) is 5.75 Å². The van der Waals surface area contributed by atoms with Crippen LogP contribution in [0.3, 0.4) is 0 Å². The van der Waals surface area contributed by atoms with Gasteiger partial charge in [-0.1, -0.05) is 12.1 Å². The highest BCUT2D eigenvalue weighted by molar-refractivity contribution is 5.54. The quantitative estimate of drug-likeness (QED) is 0.805. The average Bonchev–Trinajstić information content (AvgIpc) is 2.69. The second kappa shape index (κ2) is 9.06. The van der Waals surface area contributed by atoms with Gasteiger partial charge in [0.05, 0.1) is 20.8 Å². The smallest absolute Gasteiger partial charge is 0.203 e. The summed E-state index contributed by atoms with van der Waals surface area (Å²) in [6.45, 7) is 5.73. The van der Waals surface area contributed by atoms with Gasteiger partial charge in [0, 0.05) is 32.2 Å². The van der Waals surface area contributed by atoms with Crippen molar-refractivity contribution in [2.75, 3.05) is 40.5 Å². The first kappa shape index (κ1) is 19.5. The number of benzene rings is 2. The topological polar surface area (TPSA) is 43.0 Å². The minimum absolute atomic E-state index is 0.109. The first-order valence-electron chi connectivity index (χ1n) is 9.24. The summed E-state index contributed by atoms with van der Waals surface area (Å²) in [5.41, 5.74) is 2.04. The summed E-state index contributed by atoms with van der Waals surface area (Å²) >= 11 is 0. The third-order valence-electron chi connectivity index (χ3n) is 4.78. The Balaban J connectivity index is 1.87. The number of hydrogen-bond acceptors (Lipinski definition) is 5. The van der Waals surface area contributed by atoms with E-state index >= 15 is 0 Å². The predicted octanol–water partition coefficient (Wildman–Crippen LogP) is 3.39. The van der Waals surface area contributed by atoms with Crippen LogP contribution in [-0.4, -0.2) is 45.4 Å². The molecule has 0 radical (unpaired) electrons. The molecule has 5 nitrogen and oxygen atoms in total. The van der Waals surface area contributed by atoms with Crippen LogP contribution in [-0.2, 0) is 6.54 Å². The van der Waals surface area contributed by atoms with Crippen molar-refractivity contribution in [2.24, 2.45) is 0 Å². The van der Waals surface area contributed by atoms with E-state index in [1.54, 1.807) is 26.4 Å². The number of nitrogens with zero attached hydrogens (tertiary/aromatic N) is 1. The van der Waals surface area contributed by atoms with Crippen LogP contribution in [0.25, 0.3) is 0 Å². The summed E-state index contributed by atoms with van der Waals surface area (Å²) in [6.07, 6.45) is 0. The van der Waals surface area contributed by atoms with Crippen LogP contribution in [0.15, 0.2) is 36.4 Å². The second-order valence-corrected chi connectivity index (χ2v) is 6.51. The number of rotatable bonds is 7. The van der Waals surface area contributed by atoms with Crippen molar-refractivity contribution >= 4 is 0 Å². The molecule has 1 unspecified atom stereocenters. The second-order valence-electron chi connectivity index (χ2n) is 6.51. The number of piperazine rings is 1. The molecule has 0 saturated carbocycles. The normalized spacial score (nSPS) is 17.6. The van der Waals surface area contributed by atoms with Crippen LogP contribution >= 0.6 is 0 Å². The highest BCUT2D eigenvalue weighted by Crippen LogP contribution is 2.39. The molecule has 1 aliphatic heterocycles. The van der Waals surface area contributed by atoms with Gasteiger partial charge in [-0.25, -0.2) is 4.39 Å². The van der Waals surface area contributed by atoms with Gasteiger partial charge in [-0.05, 0) is 42.3 Å². The van der Waals surface area contributed by atoms with E-state index in [-0.39, 0.29) is 11.9 Å². The lowest BCUT2D eigenvalue weighted by Gasteiger charge is -2.36. The van der Waals surface area contributed by atoms with Gasteiger partial charge >= 0.3 is 0 Å². The Morgan fingerprint density at radius 2 is 1.89 bits per heavy atom. The predicted molar refractivity (Wildman–Crippen MR) is 103 cm³/mol. The zero-order chi connectivity index (χ0) is 19.2. The fourth-order valence-corrected chi connectivity index (χ4v) is 3.52. The highest BCUT2D eigenvalue weighted by Gasteiger charge is 2.25. The monoisotopic (exact) mass is 374 g/mol. The summed E-state index contributed by atoms with van der Waals surface area (Å²) in [5.74, 6) is 1.72. The van der Waals surface area contributed by atoms with Gasteiger partial charge in [0.25, 0.3) is 0 Å². The van der Waals surface area contributed by atoms with E-state index in [0.29, 0.717) is 30.4 Å². The Kier molecular flexibility index (Phi) is 6.53. The SMILES string of the molecule is CCOc1c(OC)cc(CN2CCNCC2c2cccc(F)c2)cc1OC. The maximum Gasteiger partial charge on any atom is 0.203 e. The number of nitrogens with one attached hydrogen (secondary N) is 1. The molecule has 0 bridgehead atoms. The Morgan fingerprint density at radius 1 is 1.15 bits per heavy atom. The molecule has 3 rings (SSSR count). The van der Waals surface area contributed by atoms with E-state index in [1.165, 1.54) is 6.07 Å². The number of halogens is 1. The van der Waals surface area contributed by atoms with Crippen molar-refractivity contribution < 1.29 is 18.6 Å². The lowest BCUT2D eigenvalue weighted by atomic mass is 10.0. The molecular weight excluding hydrogens is 347 g/mol. The van der Waals surface area contributed by atoms with Gasteiger partial charge in [-0.2, -0.15) is 0 Å². The van der Waals surface area contributed by atoms with E-state index in [4.69, 9.17) is 14.2 Å². The first-order chi connectivity index (χ1) is 13.2. The average molecular weight is 374 g/mol. The lowest BCUT2D eigenvalue weighted by molar-refractivity contribution is 0.153. The third kappa shape index (κ3) is 4.51. The fourth-order valence-electron chi connectivity index (χ4n) is 3.52. The minimum atomic E-state index is -0.206. The Bertz CT molecular complexity index is 744. The third-order valence-corrected chi connectivity index (χ3v) is 4.78. The molecule has 27 heavy (non-hydrogen) atoms. The molecule has 2 aromatic carbocycles. The molecule has 1 aliphatic rings. The van der Waals surface area contributed by atoms with Gasteiger partial charge < -0.3 is 19.5 Å². The number of hydrogen-bond donors (Lipinski definition) is 1. The van der Waals surface area contributed by atoms with Crippen molar-refractivity contribution in [1.82, 2.24) is 10.2 Å². The van der Waals surface area contributed by atoms with Crippen molar-refractivity contribution in [3.8, 4) is 17.2 Å². The van der Waals surface area contributed by atoms with Crippen molar-refractivity contribution in [1.29, 1.82) is 0 Å². The molecule has 1 saturated heterocycles. The Labute approximate surface area is 160 Å². The zero-order valence-corrected chi connectivity index (χ0v) is 16.1. The molecule has 6 heteroatoms. The lowest BCUT2D eigenvalue weighted by Crippen LogP contribution is -2.45. The molecule has 146 valence electrons. The molecule has 1 N–H and O–H groups in total. The van der Waals surface area contributed by atoms with E-state index in [2.05, 4.69) is 10.2 Å². The summed E-state index contributed by atoms with van der Waals surface area (Å²) < 4.78 is 30.4. The van der Waals surface area contributed by atoms with Gasteiger partial charge in [0.1, 0.15) is 5.82 Å². The van der Waals surface area contributed by atoms with Gasteiger partial charge in [-0.15, -0.1) is 0 Å². The standard InChI is InChI=1S/C21H27FN2O3/c1-4-27-21-19(25-2)10-15(11-20(21)26-3)14-24-9-8-23-13-18(24)16-6-5-7-17(22)12-16/h5-7,10-12,18,23H,4,8-9,13-14H2,1-3H3. The Hall–Kier alpha value is -2.31. The molecule has 2 aromatic rings. The van der Waals surface area contributed by atoms with Crippen molar-refractivity contribution in [2.45, 2.75) is 19.5 Å². The van der Waals surface area contributed by atoms with Crippen molar-refractivity contribution in [3.63, 3.8) is 0 Å². The van der Waals surface area contributed by atoms with E-state index < -0.39 is 0 Å². The number of ether oxygens (including phenoxy) is 3. The summed E-state index contributed by atoms with van der Waals surface area (Å²) in [4.78, 5) is 2.35. The molecule has 0 aliphatic carbocycles. The molecular formula is C21H27FN2O3. The van der Waals surface area contributed by atoms with Crippen LogP contribution in [0.4, 0.5) is 4.39 Å². The molecule has 1 heterocycles. The Morgan fingerprint density at radius 3 is 2.52 bits per heavy atom. The summed E-state index contributed by atoms with van der Waals surface area (Å²) in [5, 5.41) is 3.41.